The highest BCUT2D eigenvalue weighted by Crippen LogP contribution is 2.31. The average Bonchev–Trinajstić information content (AvgIpc) is 2.53. The van der Waals surface area contributed by atoms with Crippen molar-refractivity contribution in [1.29, 1.82) is 0 Å². The first-order chi connectivity index (χ1) is 10.2. The summed E-state index contributed by atoms with van der Waals surface area (Å²) in [7, 11) is 0. The summed E-state index contributed by atoms with van der Waals surface area (Å²) >= 11 is 3.46. The molecule has 0 aliphatic carbocycles. The Labute approximate surface area is 130 Å². The third-order valence-electron chi connectivity index (χ3n) is 3.11. The molecule has 0 atom stereocenters. The molecule has 0 fully saturated rings. The van der Waals surface area contributed by atoms with Crippen LogP contribution in [0.1, 0.15) is 21.5 Å². The van der Waals surface area contributed by atoms with Gasteiger partial charge in [0.05, 0.1) is 12.2 Å². The van der Waals surface area contributed by atoms with Crippen molar-refractivity contribution in [3.05, 3.63) is 57.8 Å². The van der Waals surface area contributed by atoms with Crippen molar-refractivity contribution in [2.75, 3.05) is 6.79 Å². The van der Waals surface area contributed by atoms with Crippen LogP contribution in [0.5, 0.6) is 5.75 Å². The molecule has 0 radical (unpaired) electrons. The lowest BCUT2D eigenvalue weighted by atomic mass is 10.1. The van der Waals surface area contributed by atoms with Crippen LogP contribution in [0.4, 0.5) is 0 Å². The van der Waals surface area contributed by atoms with E-state index in [2.05, 4.69) is 26.2 Å². The van der Waals surface area contributed by atoms with E-state index in [-0.39, 0.29) is 12.7 Å². The molecule has 0 saturated carbocycles. The van der Waals surface area contributed by atoms with Gasteiger partial charge >= 0.3 is 0 Å². The van der Waals surface area contributed by atoms with Gasteiger partial charge in [-0.2, -0.15) is 0 Å². The fraction of sp³-hybridized carbons (Fsp3) is 0.200. The molecule has 2 heterocycles. The molecule has 5 nitrogen and oxygen atoms in total. The Bertz CT molecular complexity index is 661. The average molecular weight is 349 g/mol. The topological polar surface area (TPSA) is 60.5 Å². The molecule has 1 amide bonds. The number of pyridine rings is 1. The Morgan fingerprint density at radius 2 is 2.33 bits per heavy atom. The first-order valence-electron chi connectivity index (χ1n) is 6.44. The highest BCUT2D eigenvalue weighted by atomic mass is 79.9. The zero-order valence-corrected chi connectivity index (χ0v) is 12.7. The lowest BCUT2D eigenvalue weighted by Crippen LogP contribution is -2.24. The molecule has 0 bridgehead atoms. The standard InChI is InChI=1S/C15H13BrN2O3/c16-13-4-11(14-12(5-13)8-20-9-21-14)7-18-15(19)10-2-1-3-17-6-10/h1-6H,7-9H2,(H,18,19). The van der Waals surface area contributed by atoms with E-state index in [1.165, 1.54) is 6.20 Å². The van der Waals surface area contributed by atoms with E-state index in [4.69, 9.17) is 9.47 Å². The number of amides is 1. The van der Waals surface area contributed by atoms with Crippen LogP contribution in [-0.2, 0) is 17.9 Å². The molecular formula is C15H13BrN2O3. The number of fused-ring (bicyclic) bond motifs is 1. The van der Waals surface area contributed by atoms with Gasteiger partial charge < -0.3 is 14.8 Å². The minimum absolute atomic E-state index is 0.163. The van der Waals surface area contributed by atoms with E-state index in [0.717, 1.165) is 21.3 Å². The van der Waals surface area contributed by atoms with Crippen molar-refractivity contribution in [2.24, 2.45) is 0 Å². The van der Waals surface area contributed by atoms with Gasteiger partial charge in [0, 0.05) is 34.5 Å². The van der Waals surface area contributed by atoms with Crippen molar-refractivity contribution in [2.45, 2.75) is 13.2 Å². The summed E-state index contributed by atoms with van der Waals surface area (Å²) in [6, 6.07) is 7.36. The molecule has 1 N–H and O–H groups in total. The van der Waals surface area contributed by atoms with E-state index >= 15 is 0 Å². The highest BCUT2D eigenvalue weighted by molar-refractivity contribution is 9.10. The number of carbonyl (C=O) groups is 1. The molecule has 0 spiro atoms. The number of nitrogens with zero attached hydrogens (tertiary/aromatic N) is 1. The lowest BCUT2D eigenvalue weighted by Gasteiger charge is -2.21. The number of carbonyl (C=O) groups excluding carboxylic acids is 1. The molecule has 108 valence electrons. The maximum atomic E-state index is 12.0. The van der Waals surface area contributed by atoms with Crippen molar-refractivity contribution in [3.8, 4) is 5.75 Å². The SMILES string of the molecule is O=C(NCc1cc(Br)cc2c1OCOC2)c1cccnc1. The van der Waals surface area contributed by atoms with E-state index in [0.29, 0.717) is 18.7 Å². The smallest absolute Gasteiger partial charge is 0.253 e. The normalized spacial score (nSPS) is 13.2. The molecule has 1 aliphatic rings. The van der Waals surface area contributed by atoms with Gasteiger partial charge in [-0.05, 0) is 24.3 Å². The summed E-state index contributed by atoms with van der Waals surface area (Å²) in [5, 5.41) is 2.87. The zero-order chi connectivity index (χ0) is 14.7. The van der Waals surface area contributed by atoms with E-state index < -0.39 is 0 Å². The predicted octanol–water partition coefficient (Wildman–Crippen LogP) is 2.64. The molecule has 2 aromatic rings. The number of hydrogen-bond donors (Lipinski definition) is 1. The molecular weight excluding hydrogens is 336 g/mol. The summed E-state index contributed by atoms with van der Waals surface area (Å²) in [5.41, 5.74) is 2.42. The quantitative estimate of drug-likeness (QED) is 0.926. The van der Waals surface area contributed by atoms with Crippen molar-refractivity contribution < 1.29 is 14.3 Å². The Morgan fingerprint density at radius 3 is 3.14 bits per heavy atom. The minimum Gasteiger partial charge on any atom is -0.467 e. The summed E-state index contributed by atoms with van der Waals surface area (Å²) in [5.74, 6) is 0.625. The summed E-state index contributed by atoms with van der Waals surface area (Å²) < 4.78 is 11.7. The first kappa shape index (κ1) is 14.0. The second-order valence-corrected chi connectivity index (χ2v) is 5.50. The second kappa shape index (κ2) is 6.24. The van der Waals surface area contributed by atoms with Crippen LogP contribution in [-0.4, -0.2) is 17.7 Å². The van der Waals surface area contributed by atoms with Crippen LogP contribution in [0.25, 0.3) is 0 Å². The fourth-order valence-electron chi connectivity index (χ4n) is 2.16. The molecule has 0 unspecified atom stereocenters. The van der Waals surface area contributed by atoms with Gasteiger partial charge in [0.2, 0.25) is 0 Å². The Balaban J connectivity index is 1.76. The van der Waals surface area contributed by atoms with Crippen LogP contribution in [0, 0.1) is 0 Å². The number of benzene rings is 1. The van der Waals surface area contributed by atoms with Crippen LogP contribution in [0.2, 0.25) is 0 Å². The van der Waals surface area contributed by atoms with Gasteiger partial charge in [0.1, 0.15) is 5.75 Å². The molecule has 21 heavy (non-hydrogen) atoms. The number of hydrogen-bond acceptors (Lipinski definition) is 4. The summed E-state index contributed by atoms with van der Waals surface area (Å²) in [4.78, 5) is 16.0. The lowest BCUT2D eigenvalue weighted by molar-refractivity contribution is -0.0171. The minimum atomic E-state index is -0.163. The largest absolute Gasteiger partial charge is 0.467 e. The fourth-order valence-corrected chi connectivity index (χ4v) is 2.72. The number of rotatable bonds is 3. The van der Waals surface area contributed by atoms with Gasteiger partial charge in [0.15, 0.2) is 6.79 Å². The maximum Gasteiger partial charge on any atom is 0.253 e. The van der Waals surface area contributed by atoms with Gasteiger partial charge in [-0.25, -0.2) is 0 Å². The van der Waals surface area contributed by atoms with E-state index in [1.54, 1.807) is 18.3 Å². The molecule has 1 aromatic carbocycles. The molecule has 0 saturated heterocycles. The van der Waals surface area contributed by atoms with E-state index in [1.807, 2.05) is 12.1 Å². The Kier molecular flexibility index (Phi) is 4.17. The maximum absolute atomic E-state index is 12.0. The third-order valence-corrected chi connectivity index (χ3v) is 3.57. The van der Waals surface area contributed by atoms with Crippen LogP contribution in [0.3, 0.4) is 0 Å². The van der Waals surface area contributed by atoms with Crippen LogP contribution in [0.15, 0.2) is 41.1 Å². The predicted molar refractivity (Wildman–Crippen MR) is 79.8 cm³/mol. The zero-order valence-electron chi connectivity index (χ0n) is 11.1. The number of nitrogens with one attached hydrogen (secondary N) is 1. The van der Waals surface area contributed by atoms with Gasteiger partial charge in [-0.1, -0.05) is 15.9 Å². The van der Waals surface area contributed by atoms with Crippen molar-refractivity contribution in [3.63, 3.8) is 0 Å². The second-order valence-electron chi connectivity index (χ2n) is 4.59. The van der Waals surface area contributed by atoms with Crippen molar-refractivity contribution in [1.82, 2.24) is 10.3 Å². The molecule has 3 rings (SSSR count). The van der Waals surface area contributed by atoms with E-state index in [9.17, 15) is 4.79 Å². The van der Waals surface area contributed by atoms with Gasteiger partial charge in [-0.3, -0.25) is 9.78 Å². The monoisotopic (exact) mass is 348 g/mol. The number of aromatic nitrogens is 1. The first-order valence-corrected chi connectivity index (χ1v) is 7.23. The van der Waals surface area contributed by atoms with Crippen LogP contribution < -0.4 is 10.1 Å². The Hall–Kier alpha value is -1.92. The van der Waals surface area contributed by atoms with Gasteiger partial charge in [-0.15, -0.1) is 0 Å². The molecule has 1 aliphatic heterocycles. The third kappa shape index (κ3) is 3.22. The Morgan fingerprint density at radius 1 is 1.43 bits per heavy atom. The molecule has 1 aromatic heterocycles. The van der Waals surface area contributed by atoms with Crippen molar-refractivity contribution >= 4 is 21.8 Å². The van der Waals surface area contributed by atoms with Gasteiger partial charge in [0.25, 0.3) is 5.91 Å². The highest BCUT2D eigenvalue weighted by Gasteiger charge is 2.17. The van der Waals surface area contributed by atoms with Crippen LogP contribution >= 0.6 is 15.9 Å². The summed E-state index contributed by atoms with van der Waals surface area (Å²) in [6.45, 7) is 1.13. The number of ether oxygens (including phenoxy) is 2. The summed E-state index contributed by atoms with van der Waals surface area (Å²) in [6.07, 6.45) is 3.17. The number of halogens is 1. The molecule has 6 heteroatoms.